The van der Waals surface area contributed by atoms with Crippen LogP contribution in [0.1, 0.15) is 62.5 Å². The Labute approximate surface area is 134 Å². The van der Waals surface area contributed by atoms with Gasteiger partial charge in [-0.1, -0.05) is 37.1 Å². The van der Waals surface area contributed by atoms with Crippen molar-refractivity contribution in [3.63, 3.8) is 0 Å². The number of fused-ring (bicyclic) bond motifs is 5. The standard InChI is InChI=1S/C21H26O/c1-3-20-13-11-17-16-8-6-5-7-15(16)9-10-18(17)19(20)12-14-21(20,22)4-2/h2,5-8,17-19,22H,3,9-14H2,1H3/t17-,18-,19+,20+,21+/m1/s1. The zero-order chi connectivity index (χ0) is 15.4. The molecule has 0 amide bonds. The molecule has 0 saturated heterocycles. The normalized spacial score (nSPS) is 42.9. The Bertz CT molecular complexity index is 627. The summed E-state index contributed by atoms with van der Waals surface area (Å²) in [5.74, 6) is 4.81. The molecule has 0 heterocycles. The molecule has 2 fully saturated rings. The van der Waals surface area contributed by atoms with E-state index in [0.717, 1.165) is 25.7 Å². The third kappa shape index (κ3) is 1.65. The van der Waals surface area contributed by atoms with Gasteiger partial charge in [-0.3, -0.25) is 0 Å². The van der Waals surface area contributed by atoms with Crippen LogP contribution in [0.5, 0.6) is 0 Å². The number of benzene rings is 1. The molecule has 0 unspecified atom stereocenters. The highest BCUT2D eigenvalue weighted by molar-refractivity contribution is 5.36. The maximum atomic E-state index is 11.1. The van der Waals surface area contributed by atoms with E-state index in [0.29, 0.717) is 17.8 Å². The molecule has 0 radical (unpaired) electrons. The maximum absolute atomic E-state index is 11.1. The predicted molar refractivity (Wildman–Crippen MR) is 89.5 cm³/mol. The van der Waals surface area contributed by atoms with Crippen LogP contribution in [0.25, 0.3) is 0 Å². The topological polar surface area (TPSA) is 20.2 Å². The summed E-state index contributed by atoms with van der Waals surface area (Å²) in [7, 11) is 0. The van der Waals surface area contributed by atoms with Crippen molar-refractivity contribution in [2.75, 3.05) is 0 Å². The van der Waals surface area contributed by atoms with Gasteiger partial charge in [0.1, 0.15) is 5.60 Å². The van der Waals surface area contributed by atoms with E-state index in [2.05, 4.69) is 37.1 Å². The molecule has 1 nitrogen and oxygen atoms in total. The Morgan fingerprint density at radius 2 is 2.05 bits per heavy atom. The summed E-state index contributed by atoms with van der Waals surface area (Å²) in [5.41, 5.74) is 2.24. The smallest absolute Gasteiger partial charge is 0.131 e. The molecule has 1 N–H and O–H groups in total. The fraction of sp³-hybridized carbons (Fsp3) is 0.619. The van der Waals surface area contributed by atoms with Gasteiger partial charge in [-0.05, 0) is 73.8 Å². The van der Waals surface area contributed by atoms with Crippen molar-refractivity contribution < 1.29 is 5.11 Å². The van der Waals surface area contributed by atoms with Crippen LogP contribution in [0.2, 0.25) is 0 Å². The lowest BCUT2D eigenvalue weighted by atomic mass is 9.52. The Morgan fingerprint density at radius 3 is 2.82 bits per heavy atom. The molecule has 0 aromatic heterocycles. The van der Waals surface area contributed by atoms with Crippen LogP contribution in [0.4, 0.5) is 0 Å². The van der Waals surface area contributed by atoms with Gasteiger partial charge in [0.2, 0.25) is 0 Å². The van der Waals surface area contributed by atoms with Crippen LogP contribution in [0.3, 0.4) is 0 Å². The van der Waals surface area contributed by atoms with E-state index in [1.54, 1.807) is 11.1 Å². The first-order valence-electron chi connectivity index (χ1n) is 8.93. The van der Waals surface area contributed by atoms with Crippen LogP contribution in [-0.2, 0) is 6.42 Å². The van der Waals surface area contributed by atoms with Crippen LogP contribution in [0.15, 0.2) is 24.3 Å². The number of hydrogen-bond donors (Lipinski definition) is 1. The molecule has 0 spiro atoms. The maximum Gasteiger partial charge on any atom is 0.131 e. The molecule has 3 aliphatic rings. The molecule has 4 rings (SSSR count). The Balaban J connectivity index is 1.75. The van der Waals surface area contributed by atoms with Crippen LogP contribution in [0, 0.1) is 29.6 Å². The molecule has 0 bridgehead atoms. The Hall–Kier alpha value is -1.26. The minimum atomic E-state index is -0.867. The summed E-state index contributed by atoms with van der Waals surface area (Å²) in [5, 5.41) is 11.1. The van der Waals surface area contributed by atoms with Crippen molar-refractivity contribution >= 4 is 0 Å². The van der Waals surface area contributed by atoms with Gasteiger partial charge < -0.3 is 5.11 Å². The number of hydrogen-bond acceptors (Lipinski definition) is 1. The highest BCUT2D eigenvalue weighted by Crippen LogP contribution is 2.65. The molecule has 1 aromatic rings. The molecule has 22 heavy (non-hydrogen) atoms. The van der Waals surface area contributed by atoms with Crippen molar-refractivity contribution in [2.24, 2.45) is 17.3 Å². The predicted octanol–water partition coefficient (Wildman–Crippen LogP) is 4.30. The number of rotatable bonds is 1. The summed E-state index contributed by atoms with van der Waals surface area (Å²) in [4.78, 5) is 0. The average Bonchev–Trinajstić information content (AvgIpc) is 2.89. The third-order valence-corrected chi connectivity index (χ3v) is 7.36. The highest BCUT2D eigenvalue weighted by atomic mass is 16.3. The zero-order valence-electron chi connectivity index (χ0n) is 13.5. The fourth-order valence-electron chi connectivity index (χ4n) is 6.30. The Kier molecular flexibility index (Phi) is 3.17. The average molecular weight is 294 g/mol. The SMILES string of the molecule is C#C[C@]1(O)CC[C@H]2[C@@H]3CCc4ccccc4[C@H]3CC[C@@]21CC. The lowest BCUT2D eigenvalue weighted by Gasteiger charge is -2.53. The van der Waals surface area contributed by atoms with Crippen molar-refractivity contribution in [1.82, 2.24) is 0 Å². The molecule has 0 aliphatic heterocycles. The third-order valence-electron chi connectivity index (χ3n) is 7.36. The van der Waals surface area contributed by atoms with Gasteiger partial charge in [0, 0.05) is 5.41 Å². The van der Waals surface area contributed by atoms with Crippen LogP contribution < -0.4 is 0 Å². The summed E-state index contributed by atoms with van der Waals surface area (Å²) >= 11 is 0. The minimum Gasteiger partial charge on any atom is -0.377 e. The molecule has 1 heteroatoms. The lowest BCUT2D eigenvalue weighted by molar-refractivity contribution is -0.0799. The molecule has 5 atom stereocenters. The first kappa shape index (κ1) is 14.3. The van der Waals surface area contributed by atoms with E-state index in [-0.39, 0.29) is 5.41 Å². The second kappa shape index (κ2) is 4.87. The van der Waals surface area contributed by atoms with Crippen molar-refractivity contribution in [2.45, 2.75) is 63.4 Å². The zero-order valence-corrected chi connectivity index (χ0v) is 13.5. The Morgan fingerprint density at radius 1 is 1.23 bits per heavy atom. The fourth-order valence-corrected chi connectivity index (χ4v) is 6.30. The van der Waals surface area contributed by atoms with Crippen LogP contribution in [-0.4, -0.2) is 10.7 Å². The monoisotopic (exact) mass is 294 g/mol. The number of aryl methyl sites for hydroxylation is 1. The van der Waals surface area contributed by atoms with E-state index >= 15 is 0 Å². The van der Waals surface area contributed by atoms with E-state index in [9.17, 15) is 5.11 Å². The van der Waals surface area contributed by atoms with Crippen molar-refractivity contribution in [3.05, 3.63) is 35.4 Å². The van der Waals surface area contributed by atoms with E-state index in [1.165, 1.54) is 19.3 Å². The van der Waals surface area contributed by atoms with Gasteiger partial charge in [0.15, 0.2) is 0 Å². The highest BCUT2D eigenvalue weighted by Gasteiger charge is 2.62. The van der Waals surface area contributed by atoms with Crippen molar-refractivity contribution in [1.29, 1.82) is 0 Å². The molecule has 116 valence electrons. The van der Waals surface area contributed by atoms with Gasteiger partial charge in [-0.15, -0.1) is 6.42 Å². The molecule has 2 saturated carbocycles. The van der Waals surface area contributed by atoms with Gasteiger partial charge in [-0.25, -0.2) is 0 Å². The van der Waals surface area contributed by atoms with Gasteiger partial charge in [0.25, 0.3) is 0 Å². The number of aliphatic hydroxyl groups is 1. The van der Waals surface area contributed by atoms with Gasteiger partial charge in [-0.2, -0.15) is 0 Å². The van der Waals surface area contributed by atoms with E-state index in [4.69, 9.17) is 6.42 Å². The number of terminal acetylenes is 1. The summed E-state index contributed by atoms with van der Waals surface area (Å²) in [6.07, 6.45) is 13.5. The van der Waals surface area contributed by atoms with E-state index in [1.807, 2.05) is 0 Å². The lowest BCUT2D eigenvalue weighted by Crippen LogP contribution is -2.51. The summed E-state index contributed by atoms with van der Waals surface area (Å²) < 4.78 is 0. The van der Waals surface area contributed by atoms with Gasteiger partial charge in [0.05, 0.1) is 0 Å². The largest absolute Gasteiger partial charge is 0.377 e. The second-order valence-corrected chi connectivity index (χ2v) is 7.71. The second-order valence-electron chi connectivity index (χ2n) is 7.71. The molecule has 3 aliphatic carbocycles. The van der Waals surface area contributed by atoms with Crippen LogP contribution >= 0.6 is 0 Å². The molecular weight excluding hydrogens is 268 g/mol. The summed E-state index contributed by atoms with van der Waals surface area (Å²) in [6, 6.07) is 9.01. The van der Waals surface area contributed by atoms with Gasteiger partial charge >= 0.3 is 0 Å². The molecular formula is C21H26O. The van der Waals surface area contributed by atoms with Crippen molar-refractivity contribution in [3.8, 4) is 12.3 Å². The first-order valence-corrected chi connectivity index (χ1v) is 8.93. The molecule has 1 aromatic carbocycles. The first-order chi connectivity index (χ1) is 10.6. The quantitative estimate of drug-likeness (QED) is 0.766. The minimum absolute atomic E-state index is 0.0325. The summed E-state index contributed by atoms with van der Waals surface area (Å²) in [6.45, 7) is 2.23. The van der Waals surface area contributed by atoms with E-state index < -0.39 is 5.60 Å².